The normalized spacial score (nSPS) is 11.3. The third-order valence-corrected chi connectivity index (χ3v) is 3.07. The molecule has 0 aromatic heterocycles. The van der Waals surface area contributed by atoms with Crippen molar-refractivity contribution in [3.05, 3.63) is 48.0 Å². The zero-order valence-corrected chi connectivity index (χ0v) is 12.6. The van der Waals surface area contributed by atoms with E-state index < -0.39 is 11.7 Å². The van der Waals surface area contributed by atoms with E-state index in [0.717, 1.165) is 12.1 Å². The summed E-state index contributed by atoms with van der Waals surface area (Å²) in [5, 5.41) is 8.77. The van der Waals surface area contributed by atoms with Crippen LogP contribution in [0.1, 0.15) is 12.5 Å². The Bertz CT molecular complexity index is 654. The lowest BCUT2D eigenvalue weighted by atomic mass is 10.0. The van der Waals surface area contributed by atoms with Gasteiger partial charge in [-0.3, -0.25) is 0 Å². The van der Waals surface area contributed by atoms with Gasteiger partial charge in [0.1, 0.15) is 18.1 Å². The minimum Gasteiger partial charge on any atom is -0.494 e. The van der Waals surface area contributed by atoms with Crippen LogP contribution in [0.4, 0.5) is 13.2 Å². The third-order valence-electron chi connectivity index (χ3n) is 3.07. The lowest BCUT2D eigenvalue weighted by Gasteiger charge is -2.13. The molecule has 0 spiro atoms. The third kappa shape index (κ3) is 4.63. The van der Waals surface area contributed by atoms with Gasteiger partial charge in [-0.1, -0.05) is 12.1 Å². The number of hydrogen-bond acceptors (Lipinski definition) is 3. The fourth-order valence-corrected chi connectivity index (χ4v) is 2.11. The van der Waals surface area contributed by atoms with Crippen LogP contribution in [0.3, 0.4) is 0 Å². The molecule has 124 valence electrons. The monoisotopic (exact) mass is 326 g/mol. The summed E-state index contributed by atoms with van der Waals surface area (Å²) in [6, 6.07) is 10.3. The summed E-state index contributed by atoms with van der Waals surface area (Å²) >= 11 is 0. The summed E-state index contributed by atoms with van der Waals surface area (Å²) in [4.78, 5) is 0. The van der Waals surface area contributed by atoms with Crippen molar-refractivity contribution in [1.29, 1.82) is 0 Å². The summed E-state index contributed by atoms with van der Waals surface area (Å²) in [6.07, 6.45) is -4.48. The molecule has 6 heteroatoms. The van der Waals surface area contributed by atoms with Gasteiger partial charge in [0.15, 0.2) is 0 Å². The number of rotatable bonds is 6. The maximum Gasteiger partial charge on any atom is 0.416 e. The first kappa shape index (κ1) is 17.1. The summed E-state index contributed by atoms with van der Waals surface area (Å²) in [5.41, 5.74) is 0.162. The lowest BCUT2D eigenvalue weighted by Crippen LogP contribution is -2.07. The summed E-state index contributed by atoms with van der Waals surface area (Å²) < 4.78 is 49.7. The molecule has 0 unspecified atom stereocenters. The van der Waals surface area contributed by atoms with Crippen LogP contribution in [0, 0.1) is 0 Å². The van der Waals surface area contributed by atoms with Crippen molar-refractivity contribution < 1.29 is 27.8 Å². The minimum atomic E-state index is -4.48. The van der Waals surface area contributed by atoms with Gasteiger partial charge in [-0.15, -0.1) is 0 Å². The van der Waals surface area contributed by atoms with Crippen molar-refractivity contribution in [2.75, 3.05) is 19.8 Å². The van der Waals surface area contributed by atoms with Crippen molar-refractivity contribution >= 4 is 0 Å². The second-order valence-electron chi connectivity index (χ2n) is 4.78. The van der Waals surface area contributed by atoms with Crippen LogP contribution >= 0.6 is 0 Å². The Hall–Kier alpha value is -2.21. The second kappa shape index (κ2) is 7.37. The number of aliphatic hydroxyl groups excluding tert-OH is 1. The van der Waals surface area contributed by atoms with Gasteiger partial charge >= 0.3 is 6.18 Å². The molecule has 1 N–H and O–H groups in total. The average molecular weight is 326 g/mol. The van der Waals surface area contributed by atoms with Crippen molar-refractivity contribution in [1.82, 2.24) is 0 Å². The molecule has 2 aromatic carbocycles. The van der Waals surface area contributed by atoms with Crippen molar-refractivity contribution in [3.63, 3.8) is 0 Å². The molecule has 0 aliphatic heterocycles. The van der Waals surface area contributed by atoms with Crippen LogP contribution in [-0.2, 0) is 6.18 Å². The molecule has 0 saturated heterocycles. The number of aliphatic hydroxyl groups is 1. The summed E-state index contributed by atoms with van der Waals surface area (Å²) in [6.45, 7) is 1.96. The van der Waals surface area contributed by atoms with Gasteiger partial charge in [-0.2, -0.15) is 13.2 Å². The van der Waals surface area contributed by atoms with Crippen LogP contribution < -0.4 is 9.47 Å². The van der Waals surface area contributed by atoms with Crippen LogP contribution in [0.25, 0.3) is 11.1 Å². The Morgan fingerprint density at radius 2 is 1.70 bits per heavy atom. The highest BCUT2D eigenvalue weighted by atomic mass is 19.4. The van der Waals surface area contributed by atoms with Gasteiger partial charge in [-0.05, 0) is 48.4 Å². The van der Waals surface area contributed by atoms with Gasteiger partial charge in [0.2, 0.25) is 0 Å². The van der Waals surface area contributed by atoms with Gasteiger partial charge < -0.3 is 14.6 Å². The predicted molar refractivity (Wildman–Crippen MR) is 80.6 cm³/mol. The summed E-state index contributed by atoms with van der Waals surface area (Å²) in [7, 11) is 0. The Morgan fingerprint density at radius 3 is 2.35 bits per heavy atom. The van der Waals surface area contributed by atoms with E-state index in [9.17, 15) is 13.2 Å². The molecule has 0 saturated carbocycles. The van der Waals surface area contributed by atoms with E-state index in [0.29, 0.717) is 23.5 Å². The molecule has 0 fully saturated rings. The predicted octanol–water partition coefficient (Wildman–Crippen LogP) is 4.14. The first-order valence-corrected chi connectivity index (χ1v) is 7.13. The molecule has 0 radical (unpaired) electrons. The Kier molecular flexibility index (Phi) is 5.50. The van der Waals surface area contributed by atoms with E-state index in [4.69, 9.17) is 14.6 Å². The molecule has 23 heavy (non-hydrogen) atoms. The van der Waals surface area contributed by atoms with Crippen LogP contribution in [0.15, 0.2) is 42.5 Å². The maximum atomic E-state index is 13.1. The second-order valence-corrected chi connectivity index (χ2v) is 4.78. The number of hydrogen-bond donors (Lipinski definition) is 1. The quantitative estimate of drug-likeness (QED) is 0.867. The fraction of sp³-hybridized carbons (Fsp3) is 0.294. The Morgan fingerprint density at radius 1 is 0.957 bits per heavy atom. The molecular weight excluding hydrogens is 309 g/mol. The van der Waals surface area contributed by atoms with E-state index in [1.165, 1.54) is 6.07 Å². The zero-order chi connectivity index (χ0) is 16.9. The number of ether oxygens (including phenoxy) is 2. The van der Waals surface area contributed by atoms with Crippen LogP contribution in [0.5, 0.6) is 11.5 Å². The molecule has 0 bridgehead atoms. The molecule has 0 aliphatic rings. The first-order valence-electron chi connectivity index (χ1n) is 7.13. The first-order chi connectivity index (χ1) is 10.9. The van der Waals surface area contributed by atoms with Gasteiger partial charge in [-0.25, -0.2) is 0 Å². The highest BCUT2D eigenvalue weighted by molar-refractivity contribution is 5.68. The Labute approximate surface area is 132 Å². The standard InChI is InChI=1S/C17H17F3O3/c1-2-22-15-5-3-4-12(9-15)13-8-14(17(18,19)20)11-16(10-13)23-7-6-21/h3-5,8-11,21H,2,6-7H2,1H3. The van der Waals surface area contributed by atoms with Crippen molar-refractivity contribution in [2.45, 2.75) is 13.1 Å². The van der Waals surface area contributed by atoms with Gasteiger partial charge in [0.05, 0.1) is 18.8 Å². The topological polar surface area (TPSA) is 38.7 Å². The Balaban J connectivity index is 2.45. The number of halogens is 3. The lowest BCUT2D eigenvalue weighted by molar-refractivity contribution is -0.137. The molecule has 0 aliphatic carbocycles. The van der Waals surface area contributed by atoms with Crippen LogP contribution in [0.2, 0.25) is 0 Å². The summed E-state index contributed by atoms with van der Waals surface area (Å²) in [5.74, 6) is 0.644. The molecule has 0 atom stereocenters. The van der Waals surface area contributed by atoms with Crippen LogP contribution in [-0.4, -0.2) is 24.9 Å². The fourth-order valence-electron chi connectivity index (χ4n) is 2.11. The smallest absolute Gasteiger partial charge is 0.416 e. The highest BCUT2D eigenvalue weighted by Gasteiger charge is 2.31. The minimum absolute atomic E-state index is 0.0608. The van der Waals surface area contributed by atoms with Gasteiger partial charge in [0.25, 0.3) is 0 Å². The molecule has 3 nitrogen and oxygen atoms in total. The molecule has 2 aromatic rings. The molecule has 0 heterocycles. The number of benzene rings is 2. The maximum absolute atomic E-state index is 13.1. The van der Waals surface area contributed by atoms with E-state index in [-0.39, 0.29) is 19.0 Å². The van der Waals surface area contributed by atoms with Gasteiger partial charge in [0, 0.05) is 0 Å². The number of alkyl halides is 3. The van der Waals surface area contributed by atoms with Crippen molar-refractivity contribution in [2.24, 2.45) is 0 Å². The molecule has 0 amide bonds. The van der Waals surface area contributed by atoms with E-state index in [1.54, 1.807) is 24.3 Å². The van der Waals surface area contributed by atoms with E-state index in [1.807, 2.05) is 6.92 Å². The molecule has 2 rings (SSSR count). The van der Waals surface area contributed by atoms with E-state index in [2.05, 4.69) is 0 Å². The van der Waals surface area contributed by atoms with Crippen molar-refractivity contribution in [3.8, 4) is 22.6 Å². The highest BCUT2D eigenvalue weighted by Crippen LogP contribution is 2.36. The van der Waals surface area contributed by atoms with E-state index >= 15 is 0 Å². The largest absolute Gasteiger partial charge is 0.494 e. The average Bonchev–Trinajstić information content (AvgIpc) is 2.52. The zero-order valence-electron chi connectivity index (χ0n) is 12.6. The SMILES string of the molecule is CCOc1cccc(-c2cc(OCCO)cc(C(F)(F)F)c2)c1. The molecular formula is C17H17F3O3.